The van der Waals surface area contributed by atoms with Crippen molar-refractivity contribution in [2.75, 3.05) is 5.73 Å². The Bertz CT molecular complexity index is 520. The van der Waals surface area contributed by atoms with Crippen LogP contribution in [0.15, 0.2) is 9.79 Å². The minimum atomic E-state index is -0.889. The van der Waals surface area contributed by atoms with Crippen molar-refractivity contribution in [2.24, 2.45) is 4.99 Å². The zero-order chi connectivity index (χ0) is 11.7. The lowest BCUT2D eigenvalue weighted by Gasteiger charge is -2.06. The van der Waals surface area contributed by atoms with Gasteiger partial charge < -0.3 is 10.8 Å². The topological polar surface area (TPSA) is 121 Å². The highest BCUT2D eigenvalue weighted by Gasteiger charge is 2.24. The van der Waals surface area contributed by atoms with Crippen LogP contribution in [0.2, 0.25) is 0 Å². The lowest BCUT2D eigenvalue weighted by molar-refractivity contribution is -0.137. The number of aliphatic carboxylic acids is 1. The number of aliphatic imine (C=N–C) groups is 1. The van der Waals surface area contributed by atoms with E-state index in [4.69, 9.17) is 10.8 Å². The van der Waals surface area contributed by atoms with Crippen LogP contribution in [-0.2, 0) is 4.79 Å². The smallest absolute Gasteiger partial charge is 0.303 e. The van der Waals surface area contributed by atoms with Crippen LogP contribution in [0.25, 0.3) is 0 Å². The Balaban J connectivity index is 2.29. The third kappa shape index (κ3) is 1.79. The second-order valence-electron chi connectivity index (χ2n) is 3.50. The van der Waals surface area contributed by atoms with Gasteiger partial charge in [0.05, 0.1) is 5.69 Å². The average molecular weight is 222 g/mol. The van der Waals surface area contributed by atoms with Gasteiger partial charge in [0.25, 0.3) is 5.56 Å². The number of nitrogens with zero attached hydrogens (tertiary/aromatic N) is 2. The Morgan fingerprint density at radius 1 is 1.62 bits per heavy atom. The number of aromatic nitrogens is 2. The second-order valence-corrected chi connectivity index (χ2v) is 3.50. The van der Waals surface area contributed by atoms with Gasteiger partial charge in [-0.05, 0) is 6.42 Å². The molecular weight excluding hydrogens is 212 g/mol. The van der Waals surface area contributed by atoms with Crippen molar-refractivity contribution in [2.45, 2.75) is 18.8 Å². The van der Waals surface area contributed by atoms with E-state index in [1.807, 2.05) is 0 Å². The summed E-state index contributed by atoms with van der Waals surface area (Å²) in [7, 11) is 0. The van der Waals surface area contributed by atoms with Gasteiger partial charge in [-0.1, -0.05) is 0 Å². The molecule has 1 aliphatic rings. The van der Waals surface area contributed by atoms with Crippen molar-refractivity contribution >= 4 is 23.8 Å². The van der Waals surface area contributed by atoms with Crippen LogP contribution in [-0.4, -0.2) is 27.3 Å². The molecule has 0 aromatic carbocycles. The Morgan fingerprint density at radius 2 is 2.38 bits per heavy atom. The van der Waals surface area contributed by atoms with Gasteiger partial charge >= 0.3 is 5.97 Å². The number of carbonyl (C=O) groups is 1. The summed E-state index contributed by atoms with van der Waals surface area (Å²) in [5.41, 5.74) is 5.71. The number of anilines is 1. The third-order valence-electron chi connectivity index (χ3n) is 2.34. The van der Waals surface area contributed by atoms with Crippen LogP contribution in [0, 0.1) is 0 Å². The van der Waals surface area contributed by atoms with E-state index in [0.29, 0.717) is 12.1 Å². The van der Waals surface area contributed by atoms with Gasteiger partial charge in [0, 0.05) is 18.6 Å². The zero-order valence-electron chi connectivity index (χ0n) is 8.30. The first-order valence-electron chi connectivity index (χ1n) is 4.73. The molecule has 1 aliphatic heterocycles. The number of nitrogens with one attached hydrogen (secondary N) is 1. The number of carboxylic acid groups (broad SMARTS) is 1. The van der Waals surface area contributed by atoms with Crippen molar-refractivity contribution in [3.8, 4) is 0 Å². The van der Waals surface area contributed by atoms with Crippen LogP contribution in [0.5, 0.6) is 0 Å². The van der Waals surface area contributed by atoms with E-state index in [1.165, 1.54) is 6.21 Å². The van der Waals surface area contributed by atoms with Gasteiger partial charge in [0.1, 0.15) is 5.69 Å². The van der Waals surface area contributed by atoms with Gasteiger partial charge in [-0.25, -0.2) is 4.98 Å². The number of rotatable bonds is 3. The Kier molecular flexibility index (Phi) is 2.43. The summed E-state index contributed by atoms with van der Waals surface area (Å²) in [5, 5.41) is 8.57. The maximum absolute atomic E-state index is 11.4. The van der Waals surface area contributed by atoms with Gasteiger partial charge in [-0.3, -0.25) is 19.6 Å². The van der Waals surface area contributed by atoms with Crippen LogP contribution >= 0.6 is 0 Å². The number of nitrogen functional groups attached to an aromatic ring is 1. The number of hydrogen-bond acceptors (Lipinski definition) is 5. The molecule has 4 N–H and O–H groups in total. The van der Waals surface area contributed by atoms with E-state index < -0.39 is 11.5 Å². The molecule has 84 valence electrons. The van der Waals surface area contributed by atoms with Crippen LogP contribution in [0.4, 0.5) is 11.6 Å². The zero-order valence-corrected chi connectivity index (χ0v) is 8.30. The van der Waals surface area contributed by atoms with Gasteiger partial charge in [0.2, 0.25) is 5.95 Å². The van der Waals surface area contributed by atoms with Crippen LogP contribution < -0.4 is 11.3 Å². The van der Waals surface area contributed by atoms with E-state index in [0.717, 1.165) is 0 Å². The molecule has 0 bridgehead atoms. The van der Waals surface area contributed by atoms with Crippen molar-refractivity contribution in [3.05, 3.63) is 16.0 Å². The molecule has 1 atom stereocenters. The number of aromatic amines is 1. The lowest BCUT2D eigenvalue weighted by atomic mass is 10.0. The number of H-pyrrole nitrogens is 1. The van der Waals surface area contributed by atoms with Crippen molar-refractivity contribution in [1.82, 2.24) is 9.97 Å². The maximum atomic E-state index is 11.4. The Labute approximate surface area is 90.0 Å². The van der Waals surface area contributed by atoms with Crippen molar-refractivity contribution in [1.29, 1.82) is 0 Å². The predicted octanol–water partition coefficient (Wildman–Crippen LogP) is 0.0164. The highest BCUT2D eigenvalue weighted by Crippen LogP contribution is 2.30. The van der Waals surface area contributed by atoms with Crippen molar-refractivity contribution in [3.63, 3.8) is 0 Å². The van der Waals surface area contributed by atoms with Gasteiger partial charge in [-0.15, -0.1) is 0 Å². The molecule has 2 rings (SSSR count). The van der Waals surface area contributed by atoms with Gasteiger partial charge in [-0.2, -0.15) is 0 Å². The van der Waals surface area contributed by atoms with Gasteiger partial charge in [0.15, 0.2) is 0 Å². The number of nitrogens with two attached hydrogens (primary N) is 1. The maximum Gasteiger partial charge on any atom is 0.303 e. The van der Waals surface area contributed by atoms with Crippen molar-refractivity contribution < 1.29 is 9.90 Å². The summed E-state index contributed by atoms with van der Waals surface area (Å²) in [6, 6.07) is 0. The van der Waals surface area contributed by atoms with E-state index in [1.54, 1.807) is 0 Å². The normalized spacial score (nSPS) is 17.4. The molecular formula is C9H10N4O3. The molecule has 7 nitrogen and oxygen atoms in total. The molecule has 0 radical (unpaired) electrons. The summed E-state index contributed by atoms with van der Waals surface area (Å²) >= 11 is 0. The monoisotopic (exact) mass is 222 g/mol. The molecule has 0 saturated heterocycles. The predicted molar refractivity (Wildman–Crippen MR) is 57.0 cm³/mol. The minimum Gasteiger partial charge on any atom is -0.481 e. The third-order valence-corrected chi connectivity index (χ3v) is 2.34. The molecule has 1 aromatic heterocycles. The average Bonchev–Trinajstić information content (AvgIpc) is 2.58. The number of fused-ring (bicyclic) bond motifs is 1. The van der Waals surface area contributed by atoms with E-state index in [9.17, 15) is 9.59 Å². The fourth-order valence-electron chi connectivity index (χ4n) is 1.61. The number of hydrogen-bond donors (Lipinski definition) is 3. The van der Waals surface area contributed by atoms with E-state index in [-0.39, 0.29) is 24.0 Å². The summed E-state index contributed by atoms with van der Waals surface area (Å²) in [6.07, 6.45) is 1.90. The quantitative estimate of drug-likeness (QED) is 0.665. The fraction of sp³-hybridized carbons (Fsp3) is 0.333. The highest BCUT2D eigenvalue weighted by molar-refractivity contribution is 5.80. The summed E-state index contributed by atoms with van der Waals surface area (Å²) in [5.74, 6) is -1.11. The molecule has 0 saturated carbocycles. The highest BCUT2D eigenvalue weighted by atomic mass is 16.4. The minimum absolute atomic E-state index is 0.00447. The first-order chi connectivity index (χ1) is 7.58. The van der Waals surface area contributed by atoms with Crippen LogP contribution in [0.3, 0.4) is 0 Å². The molecule has 0 aliphatic carbocycles. The fourth-order valence-corrected chi connectivity index (χ4v) is 1.61. The second kappa shape index (κ2) is 3.76. The summed E-state index contributed by atoms with van der Waals surface area (Å²) in [4.78, 5) is 32.1. The molecule has 16 heavy (non-hydrogen) atoms. The Morgan fingerprint density at radius 3 is 3.06 bits per heavy atom. The summed E-state index contributed by atoms with van der Waals surface area (Å²) in [6.45, 7) is 0. The Hall–Kier alpha value is -2.18. The molecule has 0 amide bonds. The largest absolute Gasteiger partial charge is 0.481 e. The first kappa shape index (κ1) is 10.3. The molecule has 2 heterocycles. The standard InChI is InChI=1S/C9H10N4O3/c10-9-12-6-4(1-2-5(14)15)3-11-7(6)8(16)13-9/h3-4H,1-2H2,(H,14,15)(H3,10,12,13,16). The lowest BCUT2D eigenvalue weighted by Crippen LogP contribution is -2.13. The molecule has 1 aromatic rings. The number of carboxylic acids is 1. The van der Waals surface area contributed by atoms with Crippen LogP contribution in [0.1, 0.15) is 24.5 Å². The first-order valence-corrected chi connectivity index (χ1v) is 4.73. The molecule has 0 fully saturated rings. The van der Waals surface area contributed by atoms with E-state index >= 15 is 0 Å². The molecule has 0 spiro atoms. The molecule has 7 heteroatoms. The molecule has 1 unspecified atom stereocenters. The summed E-state index contributed by atoms with van der Waals surface area (Å²) < 4.78 is 0. The van der Waals surface area contributed by atoms with E-state index in [2.05, 4.69) is 15.0 Å². The SMILES string of the molecule is Nc1nc2c(c(=O)[nH]1)N=CC2CCC(=O)O.